The van der Waals surface area contributed by atoms with Gasteiger partial charge in [-0.15, -0.1) is 11.3 Å². The van der Waals surface area contributed by atoms with Crippen molar-refractivity contribution in [2.24, 2.45) is 5.92 Å². The number of hydrogen-bond donors (Lipinski definition) is 1. The monoisotopic (exact) mass is 292 g/mol. The van der Waals surface area contributed by atoms with Gasteiger partial charge in [-0.1, -0.05) is 20.3 Å². The first-order valence-electron chi connectivity index (χ1n) is 8.52. The average molecular weight is 292 g/mol. The third-order valence-corrected chi connectivity index (χ3v) is 6.49. The zero-order chi connectivity index (χ0) is 13.9. The lowest BCUT2D eigenvalue weighted by Gasteiger charge is -2.21. The summed E-state index contributed by atoms with van der Waals surface area (Å²) < 4.78 is 0. The zero-order valence-electron chi connectivity index (χ0n) is 13.0. The maximum absolute atomic E-state index is 5.11. The number of nitrogens with one attached hydrogen (secondary N) is 1. The third kappa shape index (κ3) is 2.94. The van der Waals surface area contributed by atoms with Crippen LogP contribution in [0.3, 0.4) is 0 Å². The van der Waals surface area contributed by atoms with Crippen molar-refractivity contribution in [3.63, 3.8) is 0 Å². The lowest BCUT2D eigenvalue weighted by molar-refractivity contribution is 0.504. The number of likely N-dealkylation sites (N-methyl/N-ethyl adjacent to an activating group) is 1. The lowest BCUT2D eigenvalue weighted by Crippen LogP contribution is -2.24. The van der Waals surface area contributed by atoms with E-state index in [1.807, 2.05) is 11.3 Å². The Morgan fingerprint density at radius 1 is 1.25 bits per heavy atom. The summed E-state index contributed by atoms with van der Waals surface area (Å²) in [6.45, 7) is 6.73. The normalized spacial score (nSPS) is 29.6. The number of hydrogen-bond acceptors (Lipinski definition) is 3. The number of aryl methyl sites for hydroxylation is 1. The van der Waals surface area contributed by atoms with Gasteiger partial charge in [0.25, 0.3) is 0 Å². The van der Waals surface area contributed by atoms with Crippen molar-refractivity contribution in [3.8, 4) is 0 Å². The number of nitrogens with zero attached hydrogens (tertiary/aromatic N) is 1. The van der Waals surface area contributed by atoms with Crippen molar-refractivity contribution in [1.29, 1.82) is 0 Å². The van der Waals surface area contributed by atoms with E-state index in [2.05, 4.69) is 19.2 Å². The highest BCUT2D eigenvalue weighted by Crippen LogP contribution is 2.44. The van der Waals surface area contributed by atoms with Crippen LogP contribution in [-0.2, 0) is 6.42 Å². The maximum atomic E-state index is 5.11. The van der Waals surface area contributed by atoms with E-state index in [0.29, 0.717) is 5.92 Å². The molecule has 0 aliphatic heterocycles. The van der Waals surface area contributed by atoms with Crippen LogP contribution in [0.2, 0.25) is 0 Å². The lowest BCUT2D eigenvalue weighted by atomic mass is 9.91. The van der Waals surface area contributed by atoms with Crippen LogP contribution in [0.1, 0.15) is 79.8 Å². The summed E-state index contributed by atoms with van der Waals surface area (Å²) >= 11 is 2.04. The highest BCUT2D eigenvalue weighted by atomic mass is 32.1. The molecule has 3 unspecified atom stereocenters. The molecule has 1 aromatic rings. The van der Waals surface area contributed by atoms with Gasteiger partial charge in [-0.25, -0.2) is 4.98 Å². The fourth-order valence-corrected chi connectivity index (χ4v) is 5.23. The summed E-state index contributed by atoms with van der Waals surface area (Å²) in [5, 5.41) is 4.99. The molecular weight excluding hydrogens is 264 g/mol. The molecule has 0 radical (unpaired) electrons. The summed E-state index contributed by atoms with van der Waals surface area (Å²) in [5.74, 6) is 2.40. The Balaban J connectivity index is 1.74. The highest BCUT2D eigenvalue weighted by molar-refractivity contribution is 7.11. The molecule has 1 N–H and O–H groups in total. The minimum atomic E-state index is 0.673. The Hall–Kier alpha value is -0.410. The minimum Gasteiger partial charge on any atom is -0.316 e. The topological polar surface area (TPSA) is 24.9 Å². The van der Waals surface area contributed by atoms with Crippen LogP contribution in [0.15, 0.2) is 0 Å². The van der Waals surface area contributed by atoms with E-state index in [0.717, 1.165) is 24.9 Å². The van der Waals surface area contributed by atoms with Gasteiger partial charge in [0.2, 0.25) is 0 Å². The van der Waals surface area contributed by atoms with E-state index in [1.54, 1.807) is 4.88 Å². The molecule has 3 rings (SSSR count). The van der Waals surface area contributed by atoms with Crippen molar-refractivity contribution >= 4 is 11.3 Å². The molecule has 1 fully saturated rings. The van der Waals surface area contributed by atoms with Gasteiger partial charge < -0.3 is 5.32 Å². The number of fused-ring (bicyclic) bond motifs is 1. The van der Waals surface area contributed by atoms with E-state index < -0.39 is 0 Å². The summed E-state index contributed by atoms with van der Waals surface area (Å²) in [7, 11) is 0. The smallest absolute Gasteiger partial charge is 0.0962 e. The summed E-state index contributed by atoms with van der Waals surface area (Å²) in [5.41, 5.74) is 1.46. The average Bonchev–Trinajstić information content (AvgIpc) is 3.10. The molecule has 0 aromatic carbocycles. The van der Waals surface area contributed by atoms with Crippen LogP contribution in [0, 0.1) is 5.92 Å². The molecule has 2 nitrogen and oxygen atoms in total. The van der Waals surface area contributed by atoms with Crippen molar-refractivity contribution in [1.82, 2.24) is 10.3 Å². The first-order valence-corrected chi connectivity index (χ1v) is 9.33. The Labute approximate surface area is 127 Å². The van der Waals surface area contributed by atoms with E-state index >= 15 is 0 Å². The standard InChI is InChI=1S/C17H28N2S/c1-3-12-8-9-13(10-12)17-19-16-14(11-18-4-2)6-5-7-15(16)20-17/h12-14,18H,3-11H2,1-2H3. The Bertz CT molecular complexity index is 440. The van der Waals surface area contributed by atoms with E-state index in [4.69, 9.17) is 4.98 Å². The molecule has 1 heterocycles. The fraction of sp³-hybridized carbons (Fsp3) is 0.824. The van der Waals surface area contributed by atoms with Crippen molar-refractivity contribution < 1.29 is 0 Å². The Morgan fingerprint density at radius 2 is 2.15 bits per heavy atom. The van der Waals surface area contributed by atoms with Crippen LogP contribution >= 0.6 is 11.3 Å². The molecule has 1 aromatic heterocycles. The predicted molar refractivity (Wildman–Crippen MR) is 86.7 cm³/mol. The molecule has 3 atom stereocenters. The van der Waals surface area contributed by atoms with E-state index in [9.17, 15) is 0 Å². The second-order valence-electron chi connectivity index (χ2n) is 6.54. The number of aromatic nitrogens is 1. The van der Waals surface area contributed by atoms with Crippen LogP contribution in [0.4, 0.5) is 0 Å². The predicted octanol–water partition coefficient (Wildman–Crippen LogP) is 4.47. The second-order valence-corrected chi connectivity index (χ2v) is 7.66. The van der Waals surface area contributed by atoms with Crippen LogP contribution < -0.4 is 5.32 Å². The first-order chi connectivity index (χ1) is 9.81. The molecule has 0 bridgehead atoms. The molecule has 2 aliphatic rings. The van der Waals surface area contributed by atoms with Gasteiger partial charge >= 0.3 is 0 Å². The Kier molecular flexibility index (Phi) is 4.77. The van der Waals surface area contributed by atoms with Crippen LogP contribution in [0.25, 0.3) is 0 Å². The van der Waals surface area contributed by atoms with Crippen molar-refractivity contribution in [2.75, 3.05) is 13.1 Å². The summed E-state index contributed by atoms with van der Waals surface area (Å²) in [6, 6.07) is 0. The van der Waals surface area contributed by atoms with Gasteiger partial charge in [-0.05, 0) is 51.0 Å². The highest BCUT2D eigenvalue weighted by Gasteiger charge is 2.30. The van der Waals surface area contributed by atoms with Gasteiger partial charge in [0.1, 0.15) is 0 Å². The number of rotatable bonds is 5. The van der Waals surface area contributed by atoms with Crippen molar-refractivity contribution in [3.05, 3.63) is 15.6 Å². The van der Waals surface area contributed by atoms with Gasteiger partial charge in [0.15, 0.2) is 0 Å². The molecule has 112 valence electrons. The van der Waals surface area contributed by atoms with Crippen molar-refractivity contribution in [2.45, 2.75) is 70.6 Å². The zero-order valence-corrected chi connectivity index (χ0v) is 13.8. The first kappa shape index (κ1) is 14.5. The van der Waals surface area contributed by atoms with E-state index in [-0.39, 0.29) is 0 Å². The largest absolute Gasteiger partial charge is 0.316 e. The Morgan fingerprint density at radius 3 is 2.90 bits per heavy atom. The molecule has 20 heavy (non-hydrogen) atoms. The summed E-state index contributed by atoms with van der Waals surface area (Å²) in [4.78, 5) is 6.72. The van der Waals surface area contributed by atoms with Gasteiger partial charge in [0.05, 0.1) is 10.7 Å². The molecule has 2 aliphatic carbocycles. The van der Waals surface area contributed by atoms with Gasteiger partial charge in [-0.3, -0.25) is 0 Å². The van der Waals surface area contributed by atoms with Crippen LogP contribution in [-0.4, -0.2) is 18.1 Å². The van der Waals surface area contributed by atoms with Gasteiger partial charge in [0, 0.05) is 23.3 Å². The van der Waals surface area contributed by atoms with E-state index in [1.165, 1.54) is 55.6 Å². The van der Waals surface area contributed by atoms with Gasteiger partial charge in [-0.2, -0.15) is 0 Å². The molecule has 1 saturated carbocycles. The third-order valence-electron chi connectivity index (χ3n) is 5.20. The maximum Gasteiger partial charge on any atom is 0.0962 e. The molecular formula is C17H28N2S. The second kappa shape index (κ2) is 6.57. The number of thiazole rings is 1. The minimum absolute atomic E-state index is 0.673. The molecule has 0 amide bonds. The summed E-state index contributed by atoms with van der Waals surface area (Å²) in [6.07, 6.45) is 9.50. The molecule has 3 heteroatoms. The van der Waals surface area contributed by atoms with Crippen LogP contribution in [0.5, 0.6) is 0 Å². The quantitative estimate of drug-likeness (QED) is 0.866. The molecule has 0 saturated heterocycles. The molecule has 0 spiro atoms. The fourth-order valence-electron chi connectivity index (χ4n) is 3.89. The SMILES string of the molecule is CCNCC1CCCc2sc(C3CCC(CC)C3)nc21.